The van der Waals surface area contributed by atoms with E-state index in [1.165, 1.54) is 0 Å². The maximum atomic E-state index is 12.4. The molecule has 0 saturated carbocycles. The number of nitrogens with zero attached hydrogens (tertiary/aromatic N) is 1. The van der Waals surface area contributed by atoms with Gasteiger partial charge in [0, 0.05) is 41.5 Å². The number of rotatable bonds is 8. The molecular weight excluding hydrogens is 388 g/mol. The van der Waals surface area contributed by atoms with E-state index in [4.69, 9.17) is 11.6 Å². The summed E-state index contributed by atoms with van der Waals surface area (Å²) in [4.78, 5) is 30.3. The van der Waals surface area contributed by atoms with Gasteiger partial charge in [-0.05, 0) is 45.5 Å². The number of aromatic amines is 1. The van der Waals surface area contributed by atoms with Crippen LogP contribution in [0.25, 0.3) is 6.08 Å². The van der Waals surface area contributed by atoms with Crippen molar-refractivity contribution in [2.45, 2.75) is 41.0 Å². The summed E-state index contributed by atoms with van der Waals surface area (Å²) in [6.45, 7) is 12.5. The van der Waals surface area contributed by atoms with Gasteiger partial charge < -0.3 is 20.5 Å². The van der Waals surface area contributed by atoms with Gasteiger partial charge in [-0.25, -0.2) is 0 Å². The Morgan fingerprint density at radius 2 is 1.90 bits per heavy atom. The molecule has 0 bridgehead atoms. The first-order valence-corrected chi connectivity index (χ1v) is 10.6. The molecule has 0 unspecified atom stereocenters. The average molecular weight is 419 g/mol. The first kappa shape index (κ1) is 23.0. The fourth-order valence-electron chi connectivity index (χ4n) is 3.44. The number of aryl methyl sites for hydroxylation is 1. The van der Waals surface area contributed by atoms with Crippen molar-refractivity contribution < 1.29 is 9.59 Å². The lowest BCUT2D eigenvalue weighted by Crippen LogP contribution is -2.27. The monoisotopic (exact) mass is 418 g/mol. The molecule has 0 aromatic carbocycles. The fraction of sp³-hybridized carbons (Fsp3) is 0.455. The van der Waals surface area contributed by atoms with E-state index in [1.54, 1.807) is 0 Å². The Morgan fingerprint density at radius 1 is 1.21 bits per heavy atom. The molecule has 2 amide bonds. The molecule has 1 fully saturated rings. The predicted molar refractivity (Wildman–Crippen MR) is 120 cm³/mol. The Kier molecular flexibility index (Phi) is 8.29. The molecule has 0 spiro atoms. The summed E-state index contributed by atoms with van der Waals surface area (Å²) in [6, 6.07) is 0. The molecule has 2 rings (SSSR count). The third-order valence-corrected chi connectivity index (χ3v) is 5.38. The standard InChI is InChI=1S/C22H31ClN4O2/c1-6-18-16(9-11-23)17(22(29)25-18)13-19-14(4)21(15(5)24-19)26-20(28)10-12-27(7-2)8-3/h6,9,13,24H,7-8,10-12H2,1-5H3,(H,25,29)(H,26,28)/b16-9-,17-13-,18-6+. The normalized spacial score (nSPS) is 18.3. The summed E-state index contributed by atoms with van der Waals surface area (Å²) < 4.78 is 0. The Hall–Kier alpha value is -2.31. The summed E-state index contributed by atoms with van der Waals surface area (Å²) in [5, 5.41) is 5.88. The van der Waals surface area contributed by atoms with E-state index >= 15 is 0 Å². The summed E-state index contributed by atoms with van der Waals surface area (Å²) in [7, 11) is 0. The topological polar surface area (TPSA) is 77.2 Å². The second kappa shape index (κ2) is 10.5. The van der Waals surface area contributed by atoms with E-state index in [0.717, 1.165) is 53.5 Å². The highest BCUT2D eigenvalue weighted by molar-refractivity contribution is 6.19. The number of halogens is 1. The molecule has 0 atom stereocenters. The predicted octanol–water partition coefficient (Wildman–Crippen LogP) is 3.88. The van der Waals surface area contributed by atoms with Crippen molar-refractivity contribution >= 4 is 35.2 Å². The number of nitrogens with one attached hydrogen (secondary N) is 3. The van der Waals surface area contributed by atoms with Crippen molar-refractivity contribution in [3.05, 3.63) is 45.9 Å². The van der Waals surface area contributed by atoms with Crippen molar-refractivity contribution in [2.24, 2.45) is 0 Å². The van der Waals surface area contributed by atoms with Gasteiger partial charge in [-0.3, -0.25) is 9.59 Å². The fourth-order valence-corrected chi connectivity index (χ4v) is 3.60. The number of hydrogen-bond donors (Lipinski definition) is 3. The molecule has 7 heteroatoms. The minimum Gasteiger partial charge on any atom is -0.357 e. The highest BCUT2D eigenvalue weighted by Gasteiger charge is 2.27. The van der Waals surface area contributed by atoms with Gasteiger partial charge >= 0.3 is 0 Å². The number of carbonyl (C=O) groups is 2. The van der Waals surface area contributed by atoms with E-state index in [-0.39, 0.29) is 11.8 Å². The molecule has 1 aliphatic heterocycles. The van der Waals surface area contributed by atoms with Crippen LogP contribution in [0.2, 0.25) is 0 Å². The van der Waals surface area contributed by atoms with E-state index in [9.17, 15) is 9.59 Å². The minimum atomic E-state index is -0.161. The quantitative estimate of drug-likeness (QED) is 0.442. The zero-order chi connectivity index (χ0) is 21.6. The molecule has 1 saturated heterocycles. The lowest BCUT2D eigenvalue weighted by molar-refractivity contribution is -0.117. The van der Waals surface area contributed by atoms with Crippen molar-refractivity contribution in [3.8, 4) is 0 Å². The van der Waals surface area contributed by atoms with Crippen molar-refractivity contribution in [3.63, 3.8) is 0 Å². The zero-order valence-corrected chi connectivity index (χ0v) is 18.7. The average Bonchev–Trinajstić information content (AvgIpc) is 3.14. The van der Waals surface area contributed by atoms with Crippen molar-refractivity contribution in [1.29, 1.82) is 0 Å². The van der Waals surface area contributed by atoms with E-state index < -0.39 is 0 Å². The lowest BCUT2D eigenvalue weighted by atomic mass is 10.0. The van der Waals surface area contributed by atoms with Crippen LogP contribution in [0.5, 0.6) is 0 Å². The van der Waals surface area contributed by atoms with Gasteiger partial charge in [-0.2, -0.15) is 0 Å². The van der Waals surface area contributed by atoms with E-state index in [2.05, 4.69) is 34.4 Å². The smallest absolute Gasteiger partial charge is 0.256 e. The van der Waals surface area contributed by atoms with Gasteiger partial charge in [0.25, 0.3) is 5.91 Å². The molecule has 0 radical (unpaired) electrons. The second-order valence-electron chi connectivity index (χ2n) is 6.98. The summed E-state index contributed by atoms with van der Waals surface area (Å²) >= 11 is 5.88. The number of alkyl halides is 1. The maximum Gasteiger partial charge on any atom is 0.256 e. The number of amides is 2. The summed E-state index contributed by atoms with van der Waals surface area (Å²) in [5.74, 6) is 0.139. The first-order valence-electron chi connectivity index (χ1n) is 10.0. The molecule has 0 aliphatic carbocycles. The largest absolute Gasteiger partial charge is 0.357 e. The van der Waals surface area contributed by atoms with Crippen LogP contribution in [-0.4, -0.2) is 47.2 Å². The van der Waals surface area contributed by atoms with Gasteiger partial charge in [-0.1, -0.05) is 26.0 Å². The molecule has 29 heavy (non-hydrogen) atoms. The lowest BCUT2D eigenvalue weighted by Gasteiger charge is -2.17. The Balaban J connectivity index is 2.25. The number of H-pyrrole nitrogens is 1. The number of allylic oxidation sites excluding steroid dienone is 3. The maximum absolute atomic E-state index is 12.4. The molecule has 6 nitrogen and oxygen atoms in total. The van der Waals surface area contributed by atoms with Gasteiger partial charge in [0.1, 0.15) is 0 Å². The second-order valence-corrected chi connectivity index (χ2v) is 7.28. The molecular formula is C22H31ClN4O2. The first-order chi connectivity index (χ1) is 13.9. The van der Waals surface area contributed by atoms with Gasteiger partial charge in [0.15, 0.2) is 0 Å². The minimum absolute atomic E-state index is 0.0150. The zero-order valence-electron chi connectivity index (χ0n) is 17.9. The highest BCUT2D eigenvalue weighted by atomic mass is 35.5. The Labute approximate surface area is 178 Å². The number of carbonyl (C=O) groups excluding carboxylic acids is 2. The van der Waals surface area contributed by atoms with Gasteiger partial charge in [0.05, 0.1) is 11.3 Å². The number of hydrogen-bond acceptors (Lipinski definition) is 3. The van der Waals surface area contributed by atoms with Crippen LogP contribution in [0.4, 0.5) is 5.69 Å². The number of aromatic nitrogens is 1. The SMILES string of the molecule is C/C=C1/NC(=O)C(=C\c2[nH]c(C)c(NC(=O)CCN(CC)CC)c2C)/C1=C/CCl. The Bertz CT molecular complexity index is 860. The van der Waals surface area contributed by atoms with Crippen molar-refractivity contribution in [1.82, 2.24) is 15.2 Å². The molecule has 1 aromatic rings. The van der Waals surface area contributed by atoms with E-state index in [1.807, 2.05) is 39.0 Å². The molecule has 158 valence electrons. The Morgan fingerprint density at radius 3 is 2.48 bits per heavy atom. The highest BCUT2D eigenvalue weighted by Crippen LogP contribution is 2.31. The van der Waals surface area contributed by atoms with Crippen LogP contribution < -0.4 is 10.6 Å². The third-order valence-electron chi connectivity index (χ3n) is 5.22. The van der Waals surface area contributed by atoms with Crippen molar-refractivity contribution in [2.75, 3.05) is 30.8 Å². The van der Waals surface area contributed by atoms with Crippen LogP contribution in [0, 0.1) is 13.8 Å². The van der Waals surface area contributed by atoms with E-state index in [0.29, 0.717) is 17.9 Å². The number of anilines is 1. The molecule has 1 aromatic heterocycles. The van der Waals surface area contributed by atoms with Crippen LogP contribution in [0.1, 0.15) is 44.1 Å². The summed E-state index contributed by atoms with van der Waals surface area (Å²) in [6.07, 6.45) is 5.93. The molecule has 2 heterocycles. The molecule has 1 aliphatic rings. The summed E-state index contributed by atoms with van der Waals surface area (Å²) in [5.41, 5.74) is 5.44. The van der Waals surface area contributed by atoms with Crippen LogP contribution >= 0.6 is 11.6 Å². The van der Waals surface area contributed by atoms with Crippen LogP contribution in [0.15, 0.2) is 29.0 Å². The van der Waals surface area contributed by atoms with Gasteiger partial charge in [-0.15, -0.1) is 11.6 Å². The van der Waals surface area contributed by atoms with Gasteiger partial charge in [0.2, 0.25) is 5.91 Å². The van der Waals surface area contributed by atoms with Crippen LogP contribution in [-0.2, 0) is 9.59 Å². The molecule has 3 N–H and O–H groups in total. The third kappa shape index (κ3) is 5.40. The van der Waals surface area contributed by atoms with Crippen LogP contribution in [0.3, 0.4) is 0 Å².